The Hall–Kier alpha value is -1.16. The second kappa shape index (κ2) is 5.45. The maximum Gasteiger partial charge on any atom is 0.192 e. The Morgan fingerprint density at radius 3 is 2.58 bits per heavy atom. The third-order valence-electron chi connectivity index (χ3n) is 4.07. The van der Waals surface area contributed by atoms with E-state index >= 15 is 0 Å². The highest BCUT2D eigenvalue weighted by Crippen LogP contribution is 2.35. The lowest BCUT2D eigenvalue weighted by Crippen LogP contribution is -2.51. The van der Waals surface area contributed by atoms with Crippen LogP contribution in [0.2, 0.25) is 0 Å². The average Bonchev–Trinajstić information content (AvgIpc) is 2.75. The third kappa shape index (κ3) is 2.46. The van der Waals surface area contributed by atoms with E-state index in [1.54, 1.807) is 11.8 Å². The molecular weight excluding hydrogens is 254 g/mol. The molecule has 1 heterocycles. The number of rotatable bonds is 4. The molecular formula is C15H23N3S. The molecule has 4 heteroatoms. The highest BCUT2D eigenvalue weighted by Gasteiger charge is 2.41. The van der Waals surface area contributed by atoms with Gasteiger partial charge in [0.2, 0.25) is 0 Å². The van der Waals surface area contributed by atoms with E-state index in [4.69, 9.17) is 5.73 Å². The minimum Gasteiger partial charge on any atom is -0.370 e. The van der Waals surface area contributed by atoms with Crippen molar-refractivity contribution in [2.24, 2.45) is 10.7 Å². The minimum absolute atomic E-state index is 0.115. The molecule has 2 unspecified atom stereocenters. The fourth-order valence-corrected chi connectivity index (χ4v) is 3.12. The Balaban J connectivity index is 2.35. The van der Waals surface area contributed by atoms with Crippen molar-refractivity contribution in [3.63, 3.8) is 0 Å². The van der Waals surface area contributed by atoms with Gasteiger partial charge in [-0.3, -0.25) is 4.99 Å². The van der Waals surface area contributed by atoms with Crippen molar-refractivity contribution < 1.29 is 0 Å². The van der Waals surface area contributed by atoms with Crippen LogP contribution >= 0.6 is 11.8 Å². The molecule has 0 fully saturated rings. The summed E-state index contributed by atoms with van der Waals surface area (Å²) in [5, 5.41) is 0. The van der Waals surface area contributed by atoms with Crippen LogP contribution in [0.4, 0.5) is 0 Å². The fourth-order valence-electron chi connectivity index (χ4n) is 2.72. The van der Waals surface area contributed by atoms with Crippen LogP contribution in [0.3, 0.4) is 0 Å². The molecule has 1 aromatic rings. The summed E-state index contributed by atoms with van der Waals surface area (Å²) in [4.78, 5) is 8.03. The van der Waals surface area contributed by atoms with Gasteiger partial charge >= 0.3 is 0 Å². The zero-order chi connectivity index (χ0) is 14.0. The molecule has 19 heavy (non-hydrogen) atoms. The maximum absolute atomic E-state index is 6.10. The first kappa shape index (κ1) is 14.3. The molecule has 0 aliphatic carbocycles. The third-order valence-corrected chi connectivity index (χ3v) is 4.81. The molecule has 3 nitrogen and oxygen atoms in total. The van der Waals surface area contributed by atoms with E-state index in [1.165, 1.54) is 10.5 Å². The molecule has 1 aromatic carbocycles. The largest absolute Gasteiger partial charge is 0.370 e. The number of thioether (sulfide) groups is 1. The summed E-state index contributed by atoms with van der Waals surface area (Å²) in [5.41, 5.74) is 7.27. The number of benzene rings is 1. The van der Waals surface area contributed by atoms with Crippen molar-refractivity contribution in [1.29, 1.82) is 0 Å². The van der Waals surface area contributed by atoms with Gasteiger partial charge in [-0.2, -0.15) is 0 Å². The van der Waals surface area contributed by atoms with Crippen LogP contribution in [0.15, 0.2) is 34.2 Å². The van der Waals surface area contributed by atoms with Crippen LogP contribution in [0, 0.1) is 0 Å². The van der Waals surface area contributed by atoms with Crippen molar-refractivity contribution in [3.8, 4) is 0 Å². The predicted molar refractivity (Wildman–Crippen MR) is 83.7 cm³/mol. The molecule has 0 aromatic heterocycles. The molecule has 104 valence electrons. The first-order valence-corrected chi connectivity index (χ1v) is 7.99. The summed E-state index contributed by atoms with van der Waals surface area (Å²) in [6.07, 6.45) is 3.16. The highest BCUT2D eigenvalue weighted by atomic mass is 32.2. The van der Waals surface area contributed by atoms with E-state index in [9.17, 15) is 0 Å². The standard InChI is InChI=1S/C15H23N3S/c1-5-11(2)18-14(16)17-10-15(18,3)12-6-8-13(19-4)9-7-12/h6-9,11H,5,10H2,1-4H3,(H2,16,17). The zero-order valence-electron chi connectivity index (χ0n) is 12.2. The lowest BCUT2D eigenvalue weighted by molar-refractivity contribution is 0.171. The summed E-state index contributed by atoms with van der Waals surface area (Å²) in [6.45, 7) is 7.37. The summed E-state index contributed by atoms with van der Waals surface area (Å²) < 4.78 is 0. The van der Waals surface area contributed by atoms with Crippen LogP contribution in [0.25, 0.3) is 0 Å². The summed E-state index contributed by atoms with van der Waals surface area (Å²) >= 11 is 1.76. The monoisotopic (exact) mass is 277 g/mol. The van der Waals surface area contributed by atoms with Gasteiger partial charge in [0.1, 0.15) is 0 Å². The minimum atomic E-state index is -0.115. The Kier molecular flexibility index (Phi) is 4.09. The van der Waals surface area contributed by atoms with Gasteiger partial charge < -0.3 is 10.6 Å². The van der Waals surface area contributed by atoms with E-state index in [-0.39, 0.29) is 5.54 Å². The first-order valence-electron chi connectivity index (χ1n) is 6.76. The molecule has 0 amide bonds. The van der Waals surface area contributed by atoms with Crippen LogP contribution < -0.4 is 5.73 Å². The molecule has 0 saturated heterocycles. The Labute approximate surface area is 120 Å². The van der Waals surface area contributed by atoms with Gasteiger partial charge in [0.05, 0.1) is 12.1 Å². The molecule has 1 aliphatic heterocycles. The number of hydrogen-bond acceptors (Lipinski definition) is 4. The average molecular weight is 277 g/mol. The van der Waals surface area contributed by atoms with E-state index in [1.807, 2.05) is 0 Å². The number of nitrogens with two attached hydrogens (primary N) is 1. The highest BCUT2D eigenvalue weighted by molar-refractivity contribution is 7.98. The van der Waals surface area contributed by atoms with E-state index in [0.29, 0.717) is 12.0 Å². The van der Waals surface area contributed by atoms with E-state index in [2.05, 4.69) is 61.2 Å². The van der Waals surface area contributed by atoms with Crippen molar-refractivity contribution in [2.75, 3.05) is 12.8 Å². The topological polar surface area (TPSA) is 41.6 Å². The lowest BCUT2D eigenvalue weighted by atomic mass is 9.89. The molecule has 0 saturated carbocycles. The summed E-state index contributed by atoms with van der Waals surface area (Å²) in [5.74, 6) is 0.672. The van der Waals surface area contributed by atoms with Crippen molar-refractivity contribution in [2.45, 2.75) is 43.7 Å². The first-order chi connectivity index (χ1) is 9.02. The van der Waals surface area contributed by atoms with Crippen LogP contribution in [-0.4, -0.2) is 29.7 Å². The fraction of sp³-hybridized carbons (Fsp3) is 0.533. The molecule has 2 rings (SSSR count). The molecule has 2 N–H and O–H groups in total. The van der Waals surface area contributed by atoms with Crippen LogP contribution in [0.5, 0.6) is 0 Å². The van der Waals surface area contributed by atoms with Gasteiger partial charge in [0.15, 0.2) is 5.96 Å². The Morgan fingerprint density at radius 1 is 1.42 bits per heavy atom. The second-order valence-electron chi connectivity index (χ2n) is 5.30. The van der Waals surface area contributed by atoms with Crippen molar-refractivity contribution >= 4 is 17.7 Å². The van der Waals surface area contributed by atoms with Gasteiger partial charge in [0, 0.05) is 10.9 Å². The Morgan fingerprint density at radius 2 is 2.05 bits per heavy atom. The molecule has 0 radical (unpaired) electrons. The van der Waals surface area contributed by atoms with Crippen molar-refractivity contribution in [3.05, 3.63) is 29.8 Å². The van der Waals surface area contributed by atoms with Gasteiger partial charge in [-0.1, -0.05) is 19.1 Å². The van der Waals surface area contributed by atoms with E-state index in [0.717, 1.165) is 13.0 Å². The number of guanidine groups is 1. The second-order valence-corrected chi connectivity index (χ2v) is 6.18. The van der Waals surface area contributed by atoms with Gasteiger partial charge in [0.25, 0.3) is 0 Å². The summed E-state index contributed by atoms with van der Waals surface area (Å²) in [7, 11) is 0. The quantitative estimate of drug-likeness (QED) is 0.860. The predicted octanol–water partition coefficient (Wildman–Crippen LogP) is 3.05. The number of aliphatic imine (C=N–C) groups is 1. The van der Waals surface area contributed by atoms with Gasteiger partial charge in [-0.05, 0) is 44.2 Å². The maximum atomic E-state index is 6.10. The number of hydrogen-bond donors (Lipinski definition) is 1. The van der Waals surface area contributed by atoms with Gasteiger partial charge in [-0.15, -0.1) is 11.8 Å². The molecule has 0 bridgehead atoms. The zero-order valence-corrected chi connectivity index (χ0v) is 13.0. The molecule has 1 aliphatic rings. The molecule has 0 spiro atoms. The van der Waals surface area contributed by atoms with Gasteiger partial charge in [-0.25, -0.2) is 0 Å². The van der Waals surface area contributed by atoms with Crippen molar-refractivity contribution in [1.82, 2.24) is 4.90 Å². The lowest BCUT2D eigenvalue weighted by Gasteiger charge is -2.40. The summed E-state index contributed by atoms with van der Waals surface area (Å²) in [6, 6.07) is 9.16. The smallest absolute Gasteiger partial charge is 0.192 e. The van der Waals surface area contributed by atoms with Crippen LogP contribution in [-0.2, 0) is 5.54 Å². The Bertz CT molecular complexity index is 469. The molecule has 2 atom stereocenters. The SMILES string of the molecule is CCC(C)N1C(N)=NCC1(C)c1ccc(SC)cc1. The normalized spacial score (nSPS) is 24.4. The van der Waals surface area contributed by atoms with E-state index < -0.39 is 0 Å². The van der Waals surface area contributed by atoms with Crippen LogP contribution in [0.1, 0.15) is 32.8 Å². The number of nitrogens with zero attached hydrogens (tertiary/aromatic N) is 2.